The first kappa shape index (κ1) is 29.2. The predicted octanol–water partition coefficient (Wildman–Crippen LogP) is 5.60. The summed E-state index contributed by atoms with van der Waals surface area (Å²) in [5, 5.41) is 23.6. The van der Waals surface area contributed by atoms with Gasteiger partial charge in [0.05, 0.1) is 24.5 Å². The number of hydrogen-bond donors (Lipinski definition) is 2. The number of aromatic hydroxyl groups is 1. The standard InChI is InChI=1S/C24H22N2O8P2S3/c1-32-22-13-4-16(25-23(28)3-2-14-33-26(30)31)15-21(22)24(29)34-18-7-9-19(10-8-18)35-38-36(37,39-35)20-11-5-17(27)6-12-20/h4-13,15,27H,2-3,14H2,1H3,(H,25,28). The average Bonchev–Trinajstić information content (AvgIpc) is 2.90. The highest BCUT2D eigenvalue weighted by Crippen LogP contribution is 2.99. The first-order chi connectivity index (χ1) is 18.7. The Bertz CT molecular complexity index is 1410. The van der Waals surface area contributed by atoms with Crippen molar-refractivity contribution in [1.29, 1.82) is 0 Å². The summed E-state index contributed by atoms with van der Waals surface area (Å²) in [6.07, 6.45) is -0.370. The highest BCUT2D eigenvalue weighted by atomic mass is 33.7. The summed E-state index contributed by atoms with van der Waals surface area (Å²) < 4.78 is 9.07. The van der Waals surface area contributed by atoms with E-state index in [0.29, 0.717) is 11.4 Å². The number of rotatable bonds is 11. The molecule has 0 atom stereocenters. The van der Waals surface area contributed by atoms with Crippen molar-refractivity contribution in [2.45, 2.75) is 12.8 Å². The van der Waals surface area contributed by atoms with Crippen molar-refractivity contribution in [3.8, 4) is 17.2 Å². The fraction of sp³-hybridized carbons (Fsp3) is 0.167. The van der Waals surface area contributed by atoms with Gasteiger partial charge < -0.3 is 24.7 Å². The molecule has 0 aromatic heterocycles. The minimum absolute atomic E-state index is 0.00856. The number of nitrogens with zero attached hydrogens (tertiary/aromatic N) is 1. The minimum atomic E-state index is -1.78. The van der Waals surface area contributed by atoms with Crippen LogP contribution in [-0.2, 0) is 21.4 Å². The Morgan fingerprint density at radius 1 is 1.10 bits per heavy atom. The van der Waals surface area contributed by atoms with Crippen LogP contribution < -0.4 is 25.4 Å². The van der Waals surface area contributed by atoms with E-state index >= 15 is 0 Å². The summed E-state index contributed by atoms with van der Waals surface area (Å²) in [6, 6.07) is 18.9. The van der Waals surface area contributed by atoms with Gasteiger partial charge in [0.15, 0.2) is 0 Å². The highest BCUT2D eigenvalue weighted by molar-refractivity contribution is 9.43. The number of benzene rings is 3. The Kier molecular flexibility index (Phi) is 9.74. The second-order valence-electron chi connectivity index (χ2n) is 7.94. The van der Waals surface area contributed by atoms with Gasteiger partial charge in [-0.25, -0.2) is 4.79 Å². The smallest absolute Gasteiger partial charge is 0.347 e. The van der Waals surface area contributed by atoms with Gasteiger partial charge in [-0.1, -0.05) is 33.8 Å². The molecule has 15 heteroatoms. The van der Waals surface area contributed by atoms with E-state index in [1.165, 1.54) is 19.2 Å². The minimum Gasteiger partial charge on any atom is -0.508 e. The Hall–Kier alpha value is -2.82. The van der Waals surface area contributed by atoms with E-state index in [9.17, 15) is 24.8 Å². The number of phenolic OH excluding ortho intramolecular Hbond substituents is 1. The molecule has 39 heavy (non-hydrogen) atoms. The summed E-state index contributed by atoms with van der Waals surface area (Å²) in [7, 11) is 1.42. The van der Waals surface area contributed by atoms with Crippen LogP contribution in [-0.4, -0.2) is 35.8 Å². The Morgan fingerprint density at radius 2 is 1.79 bits per heavy atom. The van der Waals surface area contributed by atoms with Crippen molar-refractivity contribution in [2.24, 2.45) is 0 Å². The number of amides is 1. The van der Waals surface area contributed by atoms with E-state index < -0.39 is 21.8 Å². The van der Waals surface area contributed by atoms with Crippen LogP contribution in [0.2, 0.25) is 0 Å². The number of methoxy groups -OCH3 is 1. The zero-order chi connectivity index (χ0) is 28.0. The van der Waals surface area contributed by atoms with Crippen LogP contribution in [0.3, 0.4) is 0 Å². The lowest BCUT2D eigenvalue weighted by Crippen LogP contribution is -2.15. The third-order valence-electron chi connectivity index (χ3n) is 5.24. The molecule has 2 N–H and O–H groups in total. The molecule has 10 nitrogen and oxygen atoms in total. The molecule has 0 aliphatic carbocycles. The molecule has 1 saturated heterocycles. The van der Waals surface area contributed by atoms with E-state index in [-0.39, 0.29) is 42.4 Å². The molecule has 3 aromatic carbocycles. The van der Waals surface area contributed by atoms with Gasteiger partial charge in [-0.15, -0.1) is 10.1 Å². The highest BCUT2D eigenvalue weighted by Gasteiger charge is 2.40. The molecule has 3 aromatic rings. The van der Waals surface area contributed by atoms with E-state index in [2.05, 4.69) is 10.2 Å². The third kappa shape index (κ3) is 7.64. The fourth-order valence-electron chi connectivity index (χ4n) is 3.36. The van der Waals surface area contributed by atoms with Crippen molar-refractivity contribution in [3.63, 3.8) is 0 Å². The van der Waals surface area contributed by atoms with Crippen molar-refractivity contribution >= 4 is 72.7 Å². The number of carbonyl (C=O) groups is 2. The van der Waals surface area contributed by atoms with Crippen molar-refractivity contribution < 1.29 is 34.1 Å². The molecule has 0 spiro atoms. The van der Waals surface area contributed by atoms with Crippen LogP contribution in [0.5, 0.6) is 17.2 Å². The van der Waals surface area contributed by atoms with Crippen molar-refractivity contribution in [3.05, 3.63) is 82.4 Å². The van der Waals surface area contributed by atoms with Gasteiger partial charge >= 0.3 is 5.97 Å². The predicted molar refractivity (Wildman–Crippen MR) is 159 cm³/mol. The molecule has 1 amide bonds. The van der Waals surface area contributed by atoms with Gasteiger partial charge in [0.2, 0.25) is 5.91 Å². The van der Waals surface area contributed by atoms with E-state index in [1.807, 2.05) is 24.3 Å². The van der Waals surface area contributed by atoms with Gasteiger partial charge in [-0.3, -0.25) is 4.79 Å². The second kappa shape index (κ2) is 13.0. The number of carbonyl (C=O) groups excluding carboxylic acids is 2. The molecule has 0 unspecified atom stereocenters. The van der Waals surface area contributed by atoms with Crippen LogP contribution in [0.4, 0.5) is 5.69 Å². The van der Waals surface area contributed by atoms with Gasteiger partial charge in [-0.05, 0) is 78.5 Å². The molecule has 0 bridgehead atoms. The van der Waals surface area contributed by atoms with E-state index in [0.717, 1.165) is 10.6 Å². The number of anilines is 1. The number of ether oxygens (including phenoxy) is 2. The molecular weight excluding hydrogens is 602 g/mol. The third-order valence-corrected chi connectivity index (χ3v) is 30.3. The summed E-state index contributed by atoms with van der Waals surface area (Å²) in [4.78, 5) is 39.4. The van der Waals surface area contributed by atoms with Gasteiger partial charge in [0.1, 0.15) is 22.8 Å². The molecule has 0 saturated carbocycles. The number of phenols is 1. The van der Waals surface area contributed by atoms with Crippen LogP contribution >= 0.6 is 32.8 Å². The van der Waals surface area contributed by atoms with Crippen molar-refractivity contribution in [1.82, 2.24) is 0 Å². The largest absolute Gasteiger partial charge is 0.508 e. The lowest BCUT2D eigenvalue weighted by atomic mass is 10.1. The number of hydrogen-bond acceptors (Lipinski definition) is 11. The maximum Gasteiger partial charge on any atom is 0.347 e. The molecule has 1 fully saturated rings. The summed E-state index contributed by atoms with van der Waals surface area (Å²) in [5.74, 6) is -0.188. The summed E-state index contributed by atoms with van der Waals surface area (Å²) in [5.41, 5.74) is 0.476. The first-order valence-corrected chi connectivity index (χ1v) is 19.5. The quantitative estimate of drug-likeness (QED) is 0.0689. The molecule has 1 heterocycles. The first-order valence-electron chi connectivity index (χ1n) is 11.3. The lowest BCUT2D eigenvalue weighted by molar-refractivity contribution is -0.757. The Morgan fingerprint density at radius 3 is 2.44 bits per heavy atom. The van der Waals surface area contributed by atoms with Gasteiger partial charge in [-0.2, -0.15) is 0 Å². The topological polar surface area (TPSA) is 137 Å². The lowest BCUT2D eigenvalue weighted by Gasteiger charge is -2.37. The maximum atomic E-state index is 12.9. The molecule has 1 aliphatic heterocycles. The van der Waals surface area contributed by atoms with E-state index in [1.54, 1.807) is 52.3 Å². The number of esters is 1. The van der Waals surface area contributed by atoms with Crippen LogP contribution in [0.1, 0.15) is 23.2 Å². The molecule has 4 rings (SSSR count). The Labute approximate surface area is 237 Å². The molecule has 204 valence electrons. The zero-order valence-corrected chi connectivity index (χ0v) is 24.6. The fourth-order valence-corrected chi connectivity index (χ4v) is 29.3. The normalized spacial score (nSPS) is 17.9. The van der Waals surface area contributed by atoms with Crippen LogP contribution in [0.25, 0.3) is 0 Å². The van der Waals surface area contributed by atoms with Crippen LogP contribution in [0, 0.1) is 10.1 Å². The zero-order valence-electron chi connectivity index (χ0n) is 20.3. The second-order valence-corrected chi connectivity index (χ2v) is 24.6. The SMILES string of the molecule is COc1ccc(NC(=O)CCCO[N+](=O)[O-])cc1C(=O)Oc1ccc(P2SP(=S)(c3ccc(O)cc3)S2)cc1. The van der Waals surface area contributed by atoms with Gasteiger partial charge in [0, 0.05) is 17.4 Å². The van der Waals surface area contributed by atoms with Gasteiger partial charge in [0.25, 0.3) is 5.09 Å². The Balaban J connectivity index is 1.35. The van der Waals surface area contributed by atoms with Crippen LogP contribution in [0.15, 0.2) is 66.7 Å². The molecule has 1 aliphatic rings. The molecular formula is C24H22N2O8P2S3. The molecule has 0 radical (unpaired) electrons. The average molecular weight is 625 g/mol. The summed E-state index contributed by atoms with van der Waals surface area (Å²) >= 11 is 9.48. The maximum absolute atomic E-state index is 12.9. The van der Waals surface area contributed by atoms with Crippen molar-refractivity contribution in [2.75, 3.05) is 19.0 Å². The monoisotopic (exact) mass is 624 g/mol. The van der Waals surface area contributed by atoms with E-state index in [4.69, 9.17) is 21.3 Å². The number of nitrogens with one attached hydrogen (secondary N) is 1. The summed E-state index contributed by atoms with van der Waals surface area (Å²) in [6.45, 7) is -0.188.